The van der Waals surface area contributed by atoms with Gasteiger partial charge in [-0.1, -0.05) is 0 Å². The second-order valence-electron chi connectivity index (χ2n) is 5.46. The highest BCUT2D eigenvalue weighted by molar-refractivity contribution is 8.00. The van der Waals surface area contributed by atoms with Crippen molar-refractivity contribution in [2.45, 2.75) is 25.3 Å². The predicted octanol–water partition coefficient (Wildman–Crippen LogP) is 0.340. The zero-order chi connectivity index (χ0) is 15.1. The van der Waals surface area contributed by atoms with Crippen molar-refractivity contribution in [1.29, 1.82) is 0 Å². The van der Waals surface area contributed by atoms with Crippen LogP contribution < -0.4 is 5.73 Å². The van der Waals surface area contributed by atoms with Gasteiger partial charge in [-0.25, -0.2) is 0 Å². The average molecular weight is 352 g/mol. The lowest BCUT2D eigenvalue weighted by molar-refractivity contribution is -0.132. The number of halogens is 1. The number of rotatable bonds is 5. The summed E-state index contributed by atoms with van der Waals surface area (Å²) in [6.45, 7) is 3.88. The minimum Gasteiger partial charge on any atom is -0.378 e. The first kappa shape index (κ1) is 19.5. The summed E-state index contributed by atoms with van der Waals surface area (Å²) >= 11 is 1.41. The number of nitrogens with two attached hydrogens (primary N) is 1. The first-order valence-corrected chi connectivity index (χ1v) is 8.80. The van der Waals surface area contributed by atoms with Gasteiger partial charge in [0.25, 0.3) is 0 Å². The van der Waals surface area contributed by atoms with Gasteiger partial charge in [-0.3, -0.25) is 9.59 Å². The van der Waals surface area contributed by atoms with Gasteiger partial charge < -0.3 is 20.3 Å². The van der Waals surface area contributed by atoms with Gasteiger partial charge in [-0.15, -0.1) is 24.2 Å². The Bertz CT molecular complexity index is 367. The van der Waals surface area contributed by atoms with Gasteiger partial charge in [0.1, 0.15) is 0 Å². The number of nitrogens with zero attached hydrogens (tertiary/aromatic N) is 2. The third-order valence-corrected chi connectivity index (χ3v) is 4.94. The molecule has 1 atom stereocenters. The van der Waals surface area contributed by atoms with Crippen LogP contribution in [0.15, 0.2) is 0 Å². The number of piperidine rings is 1. The molecule has 2 fully saturated rings. The van der Waals surface area contributed by atoms with Crippen molar-refractivity contribution in [3.8, 4) is 0 Å². The van der Waals surface area contributed by atoms with Crippen LogP contribution >= 0.6 is 24.2 Å². The highest BCUT2D eigenvalue weighted by atomic mass is 35.5. The van der Waals surface area contributed by atoms with Crippen LogP contribution in [0.5, 0.6) is 0 Å². The number of likely N-dealkylation sites (tertiary alicyclic amines) is 1. The molecule has 0 bridgehead atoms. The Morgan fingerprint density at radius 3 is 2.45 bits per heavy atom. The molecule has 0 aliphatic carbocycles. The van der Waals surface area contributed by atoms with Crippen LogP contribution in [-0.2, 0) is 14.3 Å². The number of hydrogen-bond donors (Lipinski definition) is 1. The summed E-state index contributed by atoms with van der Waals surface area (Å²) in [4.78, 5) is 27.9. The Balaban J connectivity index is 0.00000242. The van der Waals surface area contributed by atoms with Gasteiger partial charge in [0.15, 0.2) is 0 Å². The molecule has 22 heavy (non-hydrogen) atoms. The van der Waals surface area contributed by atoms with Gasteiger partial charge >= 0.3 is 0 Å². The summed E-state index contributed by atoms with van der Waals surface area (Å²) in [5.41, 5.74) is 5.73. The maximum atomic E-state index is 12.2. The van der Waals surface area contributed by atoms with E-state index in [1.807, 2.05) is 9.80 Å². The number of hydrogen-bond acceptors (Lipinski definition) is 5. The lowest BCUT2D eigenvalue weighted by atomic mass is 10.0. The molecule has 2 amide bonds. The van der Waals surface area contributed by atoms with E-state index in [-0.39, 0.29) is 30.3 Å². The lowest BCUT2D eigenvalue weighted by Crippen LogP contribution is -2.48. The Labute approximate surface area is 142 Å². The van der Waals surface area contributed by atoms with Gasteiger partial charge in [0, 0.05) is 32.2 Å². The Kier molecular flexibility index (Phi) is 9.16. The SMILES string of the molecule is Cl.NCC1CCCCN1C(=O)CSCC(=O)N1CCOCC1. The van der Waals surface area contributed by atoms with Crippen molar-refractivity contribution >= 4 is 36.0 Å². The number of amides is 2. The van der Waals surface area contributed by atoms with E-state index >= 15 is 0 Å². The molecule has 0 spiro atoms. The minimum absolute atomic E-state index is 0. The largest absolute Gasteiger partial charge is 0.378 e. The predicted molar refractivity (Wildman–Crippen MR) is 90.4 cm³/mol. The average Bonchev–Trinajstić information content (AvgIpc) is 2.55. The van der Waals surface area contributed by atoms with Gasteiger partial charge in [-0.2, -0.15) is 0 Å². The first-order valence-electron chi connectivity index (χ1n) is 7.65. The molecule has 0 saturated carbocycles. The zero-order valence-electron chi connectivity index (χ0n) is 12.9. The molecule has 0 aromatic rings. The zero-order valence-corrected chi connectivity index (χ0v) is 14.5. The van der Waals surface area contributed by atoms with Crippen LogP contribution in [0.1, 0.15) is 19.3 Å². The maximum absolute atomic E-state index is 12.2. The molecule has 0 aromatic heterocycles. The van der Waals surface area contributed by atoms with Crippen LogP contribution in [0.4, 0.5) is 0 Å². The Morgan fingerprint density at radius 1 is 1.09 bits per heavy atom. The second-order valence-corrected chi connectivity index (χ2v) is 6.44. The number of morpholine rings is 1. The molecule has 2 saturated heterocycles. The van der Waals surface area contributed by atoms with E-state index in [9.17, 15) is 9.59 Å². The fourth-order valence-corrected chi connectivity index (χ4v) is 3.59. The molecule has 2 rings (SSSR count). The lowest BCUT2D eigenvalue weighted by Gasteiger charge is -2.35. The Morgan fingerprint density at radius 2 is 1.77 bits per heavy atom. The standard InChI is InChI=1S/C14H25N3O3S.ClH/c15-9-12-3-1-2-4-17(12)14(19)11-21-10-13(18)16-5-7-20-8-6-16;/h12H,1-11,15H2;1H. The quantitative estimate of drug-likeness (QED) is 0.773. The summed E-state index contributed by atoms with van der Waals surface area (Å²) in [5.74, 6) is 0.953. The molecule has 128 valence electrons. The normalized spacial score (nSPS) is 22.1. The first-order chi connectivity index (χ1) is 10.2. The van der Waals surface area contributed by atoms with E-state index in [0.29, 0.717) is 44.4 Å². The molecule has 2 N–H and O–H groups in total. The van der Waals surface area contributed by atoms with Crippen molar-refractivity contribution in [3.05, 3.63) is 0 Å². The van der Waals surface area contributed by atoms with Crippen LogP contribution in [0, 0.1) is 0 Å². The molecule has 1 unspecified atom stereocenters. The summed E-state index contributed by atoms with van der Waals surface area (Å²) in [6, 6.07) is 0.182. The molecule has 6 nitrogen and oxygen atoms in total. The van der Waals surface area contributed by atoms with Crippen molar-refractivity contribution < 1.29 is 14.3 Å². The maximum Gasteiger partial charge on any atom is 0.232 e. The van der Waals surface area contributed by atoms with E-state index < -0.39 is 0 Å². The molecular formula is C14H26ClN3O3S. The molecule has 2 heterocycles. The van der Waals surface area contributed by atoms with Crippen LogP contribution in [0.25, 0.3) is 0 Å². The Hall–Kier alpha value is -0.500. The van der Waals surface area contributed by atoms with E-state index in [1.54, 1.807) is 0 Å². The number of thioether (sulfide) groups is 1. The fraction of sp³-hybridized carbons (Fsp3) is 0.857. The second kappa shape index (κ2) is 10.3. The molecule has 0 radical (unpaired) electrons. The summed E-state index contributed by atoms with van der Waals surface area (Å²) < 4.78 is 5.22. The molecule has 8 heteroatoms. The van der Waals surface area contributed by atoms with E-state index in [0.717, 1.165) is 25.8 Å². The highest BCUT2D eigenvalue weighted by Crippen LogP contribution is 2.17. The van der Waals surface area contributed by atoms with Crippen molar-refractivity contribution in [1.82, 2.24) is 9.80 Å². The number of carbonyl (C=O) groups excluding carboxylic acids is 2. The van der Waals surface area contributed by atoms with Crippen molar-refractivity contribution in [3.63, 3.8) is 0 Å². The van der Waals surface area contributed by atoms with Crippen LogP contribution in [-0.4, -0.2) is 78.6 Å². The third kappa shape index (κ3) is 5.61. The highest BCUT2D eigenvalue weighted by Gasteiger charge is 2.25. The van der Waals surface area contributed by atoms with Crippen molar-refractivity contribution in [2.75, 3.05) is 50.9 Å². The smallest absolute Gasteiger partial charge is 0.232 e. The van der Waals surface area contributed by atoms with E-state index in [4.69, 9.17) is 10.5 Å². The molecular weight excluding hydrogens is 326 g/mol. The molecule has 0 aromatic carbocycles. The van der Waals surface area contributed by atoms with Crippen LogP contribution in [0.2, 0.25) is 0 Å². The summed E-state index contributed by atoms with van der Waals surface area (Å²) in [5, 5.41) is 0. The third-order valence-electron chi connectivity index (χ3n) is 4.03. The topological polar surface area (TPSA) is 75.9 Å². The fourth-order valence-electron chi connectivity index (χ4n) is 2.79. The summed E-state index contributed by atoms with van der Waals surface area (Å²) in [6.07, 6.45) is 3.20. The number of carbonyl (C=O) groups is 2. The van der Waals surface area contributed by atoms with Crippen molar-refractivity contribution in [2.24, 2.45) is 5.73 Å². The monoisotopic (exact) mass is 351 g/mol. The number of ether oxygens (including phenoxy) is 1. The molecule has 2 aliphatic rings. The van der Waals surface area contributed by atoms with Gasteiger partial charge in [0.05, 0.1) is 24.7 Å². The molecule has 2 aliphatic heterocycles. The van der Waals surface area contributed by atoms with Gasteiger partial charge in [-0.05, 0) is 19.3 Å². The van der Waals surface area contributed by atoms with E-state index in [2.05, 4.69) is 0 Å². The minimum atomic E-state index is 0. The summed E-state index contributed by atoms with van der Waals surface area (Å²) in [7, 11) is 0. The van der Waals surface area contributed by atoms with Gasteiger partial charge in [0.2, 0.25) is 11.8 Å². The van der Waals surface area contributed by atoms with E-state index in [1.165, 1.54) is 11.8 Å². The van der Waals surface area contributed by atoms with Crippen LogP contribution in [0.3, 0.4) is 0 Å².